The Morgan fingerprint density at radius 1 is 1.20 bits per heavy atom. The number of aromatic carboxylic acids is 1. The first-order chi connectivity index (χ1) is 9.36. The zero-order valence-electron chi connectivity index (χ0n) is 11.5. The summed E-state index contributed by atoms with van der Waals surface area (Å²) >= 11 is 1.30. The normalized spacial score (nSPS) is 11.3. The Hall–Kier alpha value is -1.95. The Labute approximate surface area is 121 Å². The third kappa shape index (κ3) is 3.54. The molecule has 20 heavy (non-hydrogen) atoms. The summed E-state index contributed by atoms with van der Waals surface area (Å²) in [5, 5.41) is 10.5. The van der Waals surface area contributed by atoms with E-state index in [0.29, 0.717) is 10.1 Å². The van der Waals surface area contributed by atoms with Crippen LogP contribution >= 0.6 is 11.8 Å². The topological polar surface area (TPSA) is 76.0 Å². The number of hydrogen-bond acceptors (Lipinski definition) is 5. The Morgan fingerprint density at radius 2 is 1.95 bits per heavy atom. The third-order valence-electron chi connectivity index (χ3n) is 2.57. The van der Waals surface area contributed by atoms with Gasteiger partial charge in [-0.3, -0.25) is 4.98 Å². The number of carbonyl (C=O) groups is 1. The van der Waals surface area contributed by atoms with Crippen LogP contribution in [0.25, 0.3) is 0 Å². The van der Waals surface area contributed by atoms with Crippen LogP contribution in [0.1, 0.15) is 36.8 Å². The first-order valence-electron chi connectivity index (χ1n) is 6.06. The van der Waals surface area contributed by atoms with Gasteiger partial charge in [-0.2, -0.15) is 0 Å². The Morgan fingerprint density at radius 3 is 2.50 bits per heavy atom. The average Bonchev–Trinajstić information content (AvgIpc) is 2.38. The summed E-state index contributed by atoms with van der Waals surface area (Å²) in [6, 6.07) is 3.17. The molecule has 104 valence electrons. The summed E-state index contributed by atoms with van der Waals surface area (Å²) < 4.78 is 0. The number of pyridine rings is 1. The highest BCUT2D eigenvalue weighted by Gasteiger charge is 2.19. The molecule has 0 aliphatic rings. The summed E-state index contributed by atoms with van der Waals surface area (Å²) in [4.78, 5) is 23.9. The van der Waals surface area contributed by atoms with Crippen LogP contribution in [-0.2, 0) is 5.41 Å². The number of nitrogens with zero attached hydrogens (tertiary/aromatic N) is 3. The van der Waals surface area contributed by atoms with Crippen molar-refractivity contribution in [2.45, 2.75) is 36.2 Å². The Balaban J connectivity index is 2.42. The van der Waals surface area contributed by atoms with Gasteiger partial charge in [-0.15, -0.1) is 0 Å². The number of aromatic nitrogens is 3. The summed E-state index contributed by atoms with van der Waals surface area (Å²) in [7, 11) is 0. The van der Waals surface area contributed by atoms with Crippen molar-refractivity contribution in [3.63, 3.8) is 0 Å². The maximum Gasteiger partial charge on any atom is 0.335 e. The third-order valence-corrected chi connectivity index (χ3v) is 3.40. The lowest BCUT2D eigenvalue weighted by atomic mass is 9.91. The molecule has 0 aliphatic heterocycles. The highest BCUT2D eigenvalue weighted by molar-refractivity contribution is 7.99. The first kappa shape index (κ1) is 14.5. The molecule has 2 heterocycles. The standard InChI is InChI=1S/C14H15N3O2S/c1-14(2,3)10-6-9(13(18)19)7-11(17-10)20-12-8-15-4-5-16-12/h4-8H,1-3H3,(H,18,19). The fourth-order valence-corrected chi connectivity index (χ4v) is 2.28. The highest BCUT2D eigenvalue weighted by atomic mass is 32.2. The predicted molar refractivity (Wildman–Crippen MR) is 76.1 cm³/mol. The minimum absolute atomic E-state index is 0.219. The van der Waals surface area contributed by atoms with Gasteiger partial charge in [-0.05, 0) is 23.9 Å². The van der Waals surface area contributed by atoms with Crippen LogP contribution in [0.4, 0.5) is 0 Å². The van der Waals surface area contributed by atoms with E-state index in [9.17, 15) is 9.90 Å². The molecule has 2 rings (SSSR count). The van der Waals surface area contributed by atoms with Gasteiger partial charge in [0.05, 0.1) is 11.8 Å². The van der Waals surface area contributed by atoms with E-state index in [1.54, 1.807) is 30.7 Å². The lowest BCUT2D eigenvalue weighted by Gasteiger charge is -2.19. The molecule has 2 aromatic heterocycles. The molecule has 0 unspecified atom stereocenters. The van der Waals surface area contributed by atoms with Gasteiger partial charge in [0, 0.05) is 23.5 Å². The fraction of sp³-hybridized carbons (Fsp3) is 0.286. The number of carboxylic acids is 1. The Bertz CT molecular complexity index is 624. The molecule has 6 heteroatoms. The lowest BCUT2D eigenvalue weighted by Crippen LogP contribution is -2.15. The van der Waals surface area contributed by atoms with E-state index in [-0.39, 0.29) is 11.0 Å². The van der Waals surface area contributed by atoms with Crippen molar-refractivity contribution in [3.05, 3.63) is 42.0 Å². The van der Waals surface area contributed by atoms with Crippen molar-refractivity contribution in [3.8, 4) is 0 Å². The molecule has 0 aromatic carbocycles. The van der Waals surface area contributed by atoms with Gasteiger partial charge in [0.25, 0.3) is 0 Å². The zero-order chi connectivity index (χ0) is 14.8. The molecule has 0 saturated carbocycles. The first-order valence-corrected chi connectivity index (χ1v) is 6.87. The molecule has 0 aliphatic carbocycles. The molecule has 1 N–H and O–H groups in total. The summed E-state index contributed by atoms with van der Waals surface area (Å²) in [6.07, 6.45) is 4.80. The van der Waals surface area contributed by atoms with Crippen molar-refractivity contribution in [2.24, 2.45) is 0 Å². The van der Waals surface area contributed by atoms with Crippen LogP contribution in [0.3, 0.4) is 0 Å². The van der Waals surface area contributed by atoms with Crippen LogP contribution in [-0.4, -0.2) is 26.0 Å². The van der Waals surface area contributed by atoms with Crippen LogP contribution in [0, 0.1) is 0 Å². The molecular weight excluding hydrogens is 274 g/mol. The second-order valence-corrected chi connectivity index (χ2v) is 6.32. The number of carboxylic acid groups (broad SMARTS) is 1. The van der Waals surface area contributed by atoms with Crippen molar-refractivity contribution in [1.29, 1.82) is 0 Å². The van der Waals surface area contributed by atoms with Crippen LogP contribution in [0.2, 0.25) is 0 Å². The van der Waals surface area contributed by atoms with E-state index in [2.05, 4.69) is 15.0 Å². The van der Waals surface area contributed by atoms with Crippen molar-refractivity contribution in [1.82, 2.24) is 15.0 Å². The quantitative estimate of drug-likeness (QED) is 0.936. The van der Waals surface area contributed by atoms with E-state index in [4.69, 9.17) is 0 Å². The van der Waals surface area contributed by atoms with Crippen LogP contribution < -0.4 is 0 Å². The molecular formula is C14H15N3O2S. The summed E-state index contributed by atoms with van der Waals surface area (Å²) in [5.74, 6) is -0.959. The second kappa shape index (κ2) is 5.58. The summed E-state index contributed by atoms with van der Waals surface area (Å²) in [5.41, 5.74) is 0.753. The smallest absolute Gasteiger partial charge is 0.335 e. The van der Waals surface area contributed by atoms with Gasteiger partial charge in [0.1, 0.15) is 10.1 Å². The van der Waals surface area contributed by atoms with Crippen molar-refractivity contribution in [2.75, 3.05) is 0 Å². The molecule has 0 fully saturated rings. The minimum Gasteiger partial charge on any atom is -0.478 e. The predicted octanol–water partition coefficient (Wildman–Crippen LogP) is 3.02. The van der Waals surface area contributed by atoms with Gasteiger partial charge in [0.15, 0.2) is 0 Å². The lowest BCUT2D eigenvalue weighted by molar-refractivity contribution is 0.0696. The molecule has 2 aromatic rings. The molecule has 0 atom stereocenters. The minimum atomic E-state index is -0.959. The fourth-order valence-electron chi connectivity index (χ4n) is 1.51. The number of rotatable bonds is 3. The van der Waals surface area contributed by atoms with E-state index >= 15 is 0 Å². The average molecular weight is 289 g/mol. The van der Waals surface area contributed by atoms with Crippen LogP contribution in [0.15, 0.2) is 40.8 Å². The van der Waals surface area contributed by atoms with Gasteiger partial charge in [-0.25, -0.2) is 14.8 Å². The Kier molecular flexibility index (Phi) is 4.04. The van der Waals surface area contributed by atoms with E-state index < -0.39 is 5.97 Å². The molecule has 0 bridgehead atoms. The van der Waals surface area contributed by atoms with Gasteiger partial charge < -0.3 is 5.11 Å². The molecule has 0 spiro atoms. The molecule has 0 radical (unpaired) electrons. The van der Waals surface area contributed by atoms with Gasteiger partial charge >= 0.3 is 5.97 Å². The molecule has 5 nitrogen and oxygen atoms in total. The van der Waals surface area contributed by atoms with E-state index in [1.165, 1.54) is 11.8 Å². The zero-order valence-corrected chi connectivity index (χ0v) is 12.3. The monoisotopic (exact) mass is 289 g/mol. The molecule has 0 saturated heterocycles. The largest absolute Gasteiger partial charge is 0.478 e. The van der Waals surface area contributed by atoms with Crippen molar-refractivity contribution >= 4 is 17.7 Å². The molecule has 0 amide bonds. The maximum atomic E-state index is 11.2. The highest BCUT2D eigenvalue weighted by Crippen LogP contribution is 2.28. The van der Waals surface area contributed by atoms with E-state index in [0.717, 1.165) is 5.69 Å². The maximum absolute atomic E-state index is 11.2. The van der Waals surface area contributed by atoms with Crippen molar-refractivity contribution < 1.29 is 9.90 Å². The van der Waals surface area contributed by atoms with Crippen LogP contribution in [0.5, 0.6) is 0 Å². The second-order valence-electron chi connectivity index (χ2n) is 5.28. The van der Waals surface area contributed by atoms with E-state index in [1.807, 2.05) is 20.8 Å². The number of hydrogen-bond donors (Lipinski definition) is 1. The van der Waals surface area contributed by atoms with Gasteiger partial charge in [0.2, 0.25) is 0 Å². The summed E-state index contributed by atoms with van der Waals surface area (Å²) in [6.45, 7) is 5.99. The SMILES string of the molecule is CC(C)(C)c1cc(C(=O)O)cc(Sc2cnccn2)n1. The van der Waals surface area contributed by atoms with Gasteiger partial charge in [-0.1, -0.05) is 20.8 Å².